The summed E-state index contributed by atoms with van der Waals surface area (Å²) >= 11 is 1.06. The number of ketones is 2. The summed E-state index contributed by atoms with van der Waals surface area (Å²) in [6.45, 7) is 4.35. The molecule has 3 heterocycles. The highest BCUT2D eigenvalue weighted by Crippen LogP contribution is 2.34. The molecule has 8 heteroatoms. The van der Waals surface area contributed by atoms with E-state index in [0.717, 1.165) is 43.8 Å². The van der Waals surface area contributed by atoms with Gasteiger partial charge in [0, 0.05) is 31.2 Å². The number of benzene rings is 1. The summed E-state index contributed by atoms with van der Waals surface area (Å²) in [6, 6.07) is 11.9. The van der Waals surface area contributed by atoms with Gasteiger partial charge in [0.15, 0.2) is 0 Å². The summed E-state index contributed by atoms with van der Waals surface area (Å²) < 4.78 is 5.05. The molecule has 7 nitrogen and oxygen atoms in total. The van der Waals surface area contributed by atoms with Gasteiger partial charge in [-0.15, -0.1) is 11.3 Å². The molecule has 0 unspecified atom stereocenters. The molecule has 158 valence electrons. The number of carbonyl (C=O) groups excluding carboxylic acids is 3. The van der Waals surface area contributed by atoms with Crippen molar-refractivity contribution in [3.05, 3.63) is 74.3 Å². The molecule has 1 N–H and O–H groups in total. The SMILES string of the molecule is Cc1noc2c1C(=O)c1sc(C(=O)NC3CCN(Cc4ccccc4)CC3)cc1C2=O. The Morgan fingerprint density at radius 3 is 2.68 bits per heavy atom. The first-order chi connectivity index (χ1) is 15.0. The number of hydrogen-bond acceptors (Lipinski definition) is 7. The average molecular weight is 436 g/mol. The molecule has 0 bridgehead atoms. The van der Waals surface area contributed by atoms with Crippen LogP contribution in [0.2, 0.25) is 0 Å². The monoisotopic (exact) mass is 435 g/mol. The number of fused-ring (bicyclic) bond motifs is 2. The number of aromatic nitrogens is 1. The van der Waals surface area contributed by atoms with Gasteiger partial charge in [-0.3, -0.25) is 19.3 Å². The lowest BCUT2D eigenvalue weighted by molar-refractivity contribution is 0.0912. The Labute approximate surface area is 183 Å². The Morgan fingerprint density at radius 2 is 1.94 bits per heavy atom. The predicted octanol–water partition coefficient (Wildman–Crippen LogP) is 3.21. The van der Waals surface area contributed by atoms with E-state index in [1.807, 2.05) is 18.2 Å². The third-order valence-corrected chi connectivity index (χ3v) is 7.01. The van der Waals surface area contributed by atoms with Crippen LogP contribution in [0.15, 0.2) is 40.9 Å². The number of carbonyl (C=O) groups is 3. The Morgan fingerprint density at radius 1 is 1.19 bits per heavy atom. The molecular formula is C23H21N3O4S. The van der Waals surface area contributed by atoms with Gasteiger partial charge in [0.1, 0.15) is 0 Å². The average Bonchev–Trinajstić information content (AvgIpc) is 3.39. The zero-order valence-corrected chi connectivity index (χ0v) is 17.8. The minimum absolute atomic E-state index is 0.0365. The molecule has 2 aliphatic rings. The van der Waals surface area contributed by atoms with Gasteiger partial charge in [0.25, 0.3) is 5.91 Å². The maximum Gasteiger partial charge on any atom is 0.261 e. The molecule has 1 aliphatic carbocycles. The van der Waals surface area contributed by atoms with Crippen molar-refractivity contribution in [1.82, 2.24) is 15.4 Å². The number of hydrogen-bond donors (Lipinski definition) is 1. The van der Waals surface area contributed by atoms with Crippen LogP contribution < -0.4 is 5.32 Å². The largest absolute Gasteiger partial charge is 0.352 e. The van der Waals surface area contributed by atoms with Crippen LogP contribution in [0.1, 0.15) is 65.1 Å². The van der Waals surface area contributed by atoms with Gasteiger partial charge in [-0.05, 0) is 31.4 Å². The molecule has 1 aliphatic heterocycles. The maximum absolute atomic E-state index is 12.8. The fraction of sp³-hybridized carbons (Fsp3) is 0.304. The molecular weight excluding hydrogens is 414 g/mol. The van der Waals surface area contributed by atoms with Crippen LogP contribution >= 0.6 is 11.3 Å². The predicted molar refractivity (Wildman–Crippen MR) is 115 cm³/mol. The van der Waals surface area contributed by atoms with Crippen LogP contribution in [0.4, 0.5) is 0 Å². The summed E-state index contributed by atoms with van der Waals surface area (Å²) in [6.07, 6.45) is 1.72. The number of nitrogens with zero attached hydrogens (tertiary/aromatic N) is 2. The van der Waals surface area contributed by atoms with Gasteiger partial charge >= 0.3 is 0 Å². The van der Waals surface area contributed by atoms with E-state index in [1.54, 1.807) is 6.92 Å². The molecule has 0 atom stereocenters. The standard InChI is InChI=1S/C23H21N3O4S/c1-13-18-20(28)22-16(19(27)21(18)30-25-13)11-17(31-22)23(29)24-15-7-9-26(10-8-15)12-14-5-3-2-4-6-14/h2-6,11,15H,7-10,12H2,1H3,(H,24,29). The van der Waals surface area contributed by atoms with Gasteiger partial charge in [0.05, 0.1) is 21.0 Å². The minimum atomic E-state index is -0.394. The minimum Gasteiger partial charge on any atom is -0.352 e. The van der Waals surface area contributed by atoms with Crippen LogP contribution in [0, 0.1) is 6.92 Å². The van der Waals surface area contributed by atoms with Crippen molar-refractivity contribution in [2.24, 2.45) is 0 Å². The van der Waals surface area contributed by atoms with E-state index in [9.17, 15) is 14.4 Å². The smallest absolute Gasteiger partial charge is 0.261 e. The Balaban J connectivity index is 1.23. The van der Waals surface area contributed by atoms with Crippen LogP contribution in [-0.2, 0) is 6.54 Å². The second-order valence-electron chi connectivity index (χ2n) is 7.99. The summed E-state index contributed by atoms with van der Waals surface area (Å²) in [5, 5.41) is 6.80. The van der Waals surface area contributed by atoms with Crippen LogP contribution in [0.5, 0.6) is 0 Å². The Kier molecular flexibility index (Phi) is 5.03. The number of nitrogens with one attached hydrogen (secondary N) is 1. The normalized spacial score (nSPS) is 16.8. The van der Waals surface area contributed by atoms with E-state index in [1.165, 1.54) is 11.6 Å². The van der Waals surface area contributed by atoms with Crippen molar-refractivity contribution < 1.29 is 18.9 Å². The van der Waals surface area contributed by atoms with E-state index in [0.29, 0.717) is 10.6 Å². The van der Waals surface area contributed by atoms with Crippen molar-refractivity contribution in [3.63, 3.8) is 0 Å². The van der Waals surface area contributed by atoms with Crippen molar-refractivity contribution in [2.75, 3.05) is 13.1 Å². The molecule has 1 fully saturated rings. The Hall–Kier alpha value is -3.10. The molecule has 5 rings (SSSR count). The summed E-state index contributed by atoms with van der Waals surface area (Å²) in [5.41, 5.74) is 2.10. The highest BCUT2D eigenvalue weighted by atomic mass is 32.1. The third kappa shape index (κ3) is 3.62. The zero-order chi connectivity index (χ0) is 21.5. The number of likely N-dealkylation sites (tertiary alicyclic amines) is 1. The number of amides is 1. The van der Waals surface area contributed by atoms with E-state index in [-0.39, 0.29) is 39.5 Å². The number of piperidine rings is 1. The number of rotatable bonds is 4. The molecule has 1 amide bonds. The zero-order valence-electron chi connectivity index (χ0n) is 17.0. The first-order valence-electron chi connectivity index (χ1n) is 10.3. The summed E-state index contributed by atoms with van der Waals surface area (Å²) in [7, 11) is 0. The van der Waals surface area contributed by atoms with E-state index in [4.69, 9.17) is 4.52 Å². The van der Waals surface area contributed by atoms with Crippen LogP contribution in [0.3, 0.4) is 0 Å². The van der Waals surface area contributed by atoms with Gasteiger partial charge in [-0.2, -0.15) is 0 Å². The molecule has 3 aromatic rings. The fourth-order valence-corrected chi connectivity index (χ4v) is 5.21. The lowest BCUT2D eigenvalue weighted by Gasteiger charge is -2.32. The van der Waals surface area contributed by atoms with Crippen molar-refractivity contribution in [1.29, 1.82) is 0 Å². The van der Waals surface area contributed by atoms with Crippen LogP contribution in [-0.4, -0.2) is 46.7 Å². The van der Waals surface area contributed by atoms with Crippen molar-refractivity contribution in [3.8, 4) is 0 Å². The molecule has 0 spiro atoms. The van der Waals surface area contributed by atoms with Crippen molar-refractivity contribution >= 4 is 28.8 Å². The highest BCUT2D eigenvalue weighted by molar-refractivity contribution is 7.16. The van der Waals surface area contributed by atoms with Gasteiger partial charge in [-0.1, -0.05) is 35.5 Å². The summed E-state index contributed by atoms with van der Waals surface area (Å²) in [5.74, 6) is -0.977. The highest BCUT2D eigenvalue weighted by Gasteiger charge is 2.38. The Bertz CT molecular complexity index is 1170. The topological polar surface area (TPSA) is 92.5 Å². The number of aryl methyl sites for hydroxylation is 1. The summed E-state index contributed by atoms with van der Waals surface area (Å²) in [4.78, 5) is 41.3. The first-order valence-corrected chi connectivity index (χ1v) is 11.1. The van der Waals surface area contributed by atoms with Gasteiger partial charge in [0.2, 0.25) is 17.3 Å². The second kappa shape index (κ2) is 7.86. The molecule has 1 saturated heterocycles. The van der Waals surface area contributed by atoms with Gasteiger partial charge < -0.3 is 9.84 Å². The maximum atomic E-state index is 12.8. The number of thiophene rings is 1. The molecule has 1 aromatic carbocycles. The van der Waals surface area contributed by atoms with E-state index < -0.39 is 5.78 Å². The molecule has 2 aromatic heterocycles. The molecule has 0 radical (unpaired) electrons. The molecule has 0 saturated carbocycles. The third-order valence-electron chi connectivity index (χ3n) is 5.87. The second-order valence-corrected chi connectivity index (χ2v) is 9.05. The van der Waals surface area contributed by atoms with Crippen molar-refractivity contribution in [2.45, 2.75) is 32.4 Å². The van der Waals surface area contributed by atoms with Crippen LogP contribution in [0.25, 0.3) is 0 Å². The fourth-order valence-electron chi connectivity index (χ4n) is 4.20. The first kappa shape index (κ1) is 19.8. The van der Waals surface area contributed by atoms with E-state index >= 15 is 0 Å². The quantitative estimate of drug-likeness (QED) is 0.529. The molecule has 31 heavy (non-hydrogen) atoms. The lowest BCUT2D eigenvalue weighted by atomic mass is 9.93. The van der Waals surface area contributed by atoms with Gasteiger partial charge in [-0.25, -0.2) is 0 Å². The van der Waals surface area contributed by atoms with E-state index in [2.05, 4.69) is 27.5 Å². The lowest BCUT2D eigenvalue weighted by Crippen LogP contribution is -2.44.